The summed E-state index contributed by atoms with van der Waals surface area (Å²) in [4.78, 5) is 12.5. The number of aryl methyl sites for hydroxylation is 1. The van der Waals surface area contributed by atoms with Gasteiger partial charge in [0.2, 0.25) is 15.9 Å². The zero-order valence-electron chi connectivity index (χ0n) is 18.8. The molecule has 31 heavy (non-hydrogen) atoms. The van der Waals surface area contributed by atoms with Gasteiger partial charge in [0, 0.05) is 18.5 Å². The number of amides is 1. The lowest BCUT2D eigenvalue weighted by molar-refractivity contribution is -0.121. The molecule has 0 aromatic heterocycles. The molecule has 0 fully saturated rings. The Morgan fingerprint density at radius 2 is 1.77 bits per heavy atom. The Morgan fingerprint density at radius 1 is 1.10 bits per heavy atom. The number of methoxy groups -OCH3 is 2. The third-order valence-electron chi connectivity index (χ3n) is 5.08. The highest BCUT2D eigenvalue weighted by atomic mass is 32.2. The summed E-state index contributed by atoms with van der Waals surface area (Å²) in [5, 5.41) is 2.95. The molecule has 0 aliphatic carbocycles. The number of nitrogens with one attached hydrogen (secondary N) is 1. The van der Waals surface area contributed by atoms with E-state index in [2.05, 4.69) is 5.32 Å². The minimum absolute atomic E-state index is 0.160. The fraction of sp³-hybridized carbons (Fsp3) is 0.435. The van der Waals surface area contributed by atoms with Crippen LogP contribution in [0.4, 0.5) is 5.69 Å². The quantitative estimate of drug-likeness (QED) is 0.567. The molecule has 0 heterocycles. The van der Waals surface area contributed by atoms with E-state index in [1.807, 2.05) is 32.0 Å². The minimum atomic E-state index is -3.45. The van der Waals surface area contributed by atoms with Crippen LogP contribution >= 0.6 is 0 Å². The number of rotatable bonds is 11. The lowest BCUT2D eigenvalue weighted by atomic mass is 10.1. The van der Waals surface area contributed by atoms with Crippen LogP contribution < -0.4 is 19.1 Å². The molecule has 2 aromatic carbocycles. The zero-order valence-corrected chi connectivity index (χ0v) is 19.7. The number of ether oxygens (including phenoxy) is 2. The van der Waals surface area contributed by atoms with Crippen LogP contribution in [0.15, 0.2) is 42.5 Å². The van der Waals surface area contributed by atoms with Gasteiger partial charge in [0.05, 0.1) is 32.2 Å². The first-order valence-electron chi connectivity index (χ1n) is 10.3. The van der Waals surface area contributed by atoms with Crippen LogP contribution in [0.1, 0.15) is 43.9 Å². The molecular formula is C23H32N2O5S. The highest BCUT2D eigenvalue weighted by Crippen LogP contribution is 2.29. The Labute approximate surface area is 185 Å². The van der Waals surface area contributed by atoms with Gasteiger partial charge in [-0.3, -0.25) is 9.10 Å². The number of hydrogen-bond acceptors (Lipinski definition) is 5. The van der Waals surface area contributed by atoms with Crippen molar-refractivity contribution in [3.63, 3.8) is 0 Å². The van der Waals surface area contributed by atoms with E-state index < -0.39 is 10.0 Å². The minimum Gasteiger partial charge on any atom is -0.497 e. The van der Waals surface area contributed by atoms with Gasteiger partial charge in [-0.1, -0.05) is 19.1 Å². The van der Waals surface area contributed by atoms with Crippen molar-refractivity contribution in [1.82, 2.24) is 5.32 Å². The van der Waals surface area contributed by atoms with Crippen LogP contribution in [0.25, 0.3) is 0 Å². The Kier molecular flexibility index (Phi) is 8.74. The van der Waals surface area contributed by atoms with Crippen LogP contribution in [0.2, 0.25) is 0 Å². The van der Waals surface area contributed by atoms with Crippen LogP contribution in [-0.4, -0.2) is 41.3 Å². The van der Waals surface area contributed by atoms with Gasteiger partial charge >= 0.3 is 0 Å². The highest BCUT2D eigenvalue weighted by molar-refractivity contribution is 7.92. The van der Waals surface area contributed by atoms with Crippen molar-refractivity contribution in [2.45, 2.75) is 39.2 Å². The van der Waals surface area contributed by atoms with Gasteiger partial charge in [-0.05, 0) is 55.7 Å². The number of nitrogens with zero attached hydrogens (tertiary/aromatic N) is 1. The fourth-order valence-electron chi connectivity index (χ4n) is 3.34. The van der Waals surface area contributed by atoms with Crippen molar-refractivity contribution in [3.8, 4) is 11.5 Å². The van der Waals surface area contributed by atoms with E-state index in [1.165, 1.54) is 10.6 Å². The van der Waals surface area contributed by atoms with Crippen molar-refractivity contribution < 1.29 is 22.7 Å². The standard InChI is InChI=1S/C23H32N2O5S/c1-6-18-9-11-19(12-10-18)25(31(5,27)28)15-7-8-23(26)24-17(2)21-16-20(29-3)13-14-22(21)30-4/h9-14,16-17H,6-8,15H2,1-5H3,(H,24,26)/t17-/m0/s1. The number of anilines is 1. The molecule has 7 nitrogen and oxygen atoms in total. The number of hydrogen-bond donors (Lipinski definition) is 1. The first-order chi connectivity index (χ1) is 14.7. The predicted octanol–water partition coefficient (Wildman–Crippen LogP) is 3.69. The molecule has 8 heteroatoms. The van der Waals surface area contributed by atoms with Gasteiger partial charge in [-0.25, -0.2) is 8.42 Å². The van der Waals surface area contributed by atoms with Gasteiger partial charge in [-0.2, -0.15) is 0 Å². The van der Waals surface area contributed by atoms with E-state index in [-0.39, 0.29) is 24.9 Å². The molecule has 0 spiro atoms. The lowest BCUT2D eigenvalue weighted by Gasteiger charge is -2.23. The van der Waals surface area contributed by atoms with Crippen molar-refractivity contribution in [2.75, 3.05) is 31.3 Å². The maximum absolute atomic E-state index is 12.5. The molecule has 170 valence electrons. The van der Waals surface area contributed by atoms with Gasteiger partial charge in [-0.15, -0.1) is 0 Å². The number of benzene rings is 2. The lowest BCUT2D eigenvalue weighted by Crippen LogP contribution is -2.32. The van der Waals surface area contributed by atoms with Gasteiger partial charge in [0.25, 0.3) is 0 Å². The molecule has 0 aliphatic heterocycles. The zero-order chi connectivity index (χ0) is 23.0. The predicted molar refractivity (Wildman–Crippen MR) is 123 cm³/mol. The topological polar surface area (TPSA) is 84.9 Å². The monoisotopic (exact) mass is 448 g/mol. The smallest absolute Gasteiger partial charge is 0.232 e. The number of carbonyl (C=O) groups is 1. The summed E-state index contributed by atoms with van der Waals surface area (Å²) >= 11 is 0. The van der Waals surface area contributed by atoms with E-state index in [9.17, 15) is 13.2 Å². The molecule has 1 amide bonds. The largest absolute Gasteiger partial charge is 0.497 e. The molecule has 0 radical (unpaired) electrons. The number of sulfonamides is 1. The van der Waals surface area contributed by atoms with Crippen molar-refractivity contribution in [1.29, 1.82) is 0 Å². The normalized spacial score (nSPS) is 12.2. The molecule has 1 N–H and O–H groups in total. The third-order valence-corrected chi connectivity index (χ3v) is 6.27. The maximum atomic E-state index is 12.5. The van der Waals surface area contributed by atoms with Gasteiger partial charge in [0.1, 0.15) is 11.5 Å². The second-order valence-electron chi connectivity index (χ2n) is 7.36. The van der Waals surface area contributed by atoms with E-state index in [0.29, 0.717) is 23.6 Å². The second-order valence-corrected chi connectivity index (χ2v) is 9.26. The molecule has 2 rings (SSSR count). The molecule has 2 aromatic rings. The van der Waals surface area contributed by atoms with Crippen molar-refractivity contribution in [3.05, 3.63) is 53.6 Å². The van der Waals surface area contributed by atoms with E-state index in [1.54, 1.807) is 38.5 Å². The molecule has 0 aliphatic rings. The summed E-state index contributed by atoms with van der Waals surface area (Å²) in [6, 6.07) is 12.6. The molecular weight excluding hydrogens is 416 g/mol. The maximum Gasteiger partial charge on any atom is 0.232 e. The Balaban J connectivity index is 1.99. The Hall–Kier alpha value is -2.74. The SMILES string of the molecule is CCc1ccc(N(CCCC(=O)N[C@@H](C)c2cc(OC)ccc2OC)S(C)(=O)=O)cc1. The van der Waals surface area contributed by atoms with Crippen LogP contribution in [0.5, 0.6) is 11.5 Å². The second kappa shape index (κ2) is 11.0. The average molecular weight is 449 g/mol. The van der Waals surface area contributed by atoms with Crippen molar-refractivity contribution in [2.24, 2.45) is 0 Å². The highest BCUT2D eigenvalue weighted by Gasteiger charge is 2.19. The van der Waals surface area contributed by atoms with Gasteiger partial charge in [0.15, 0.2) is 0 Å². The first kappa shape index (κ1) is 24.5. The molecule has 0 saturated heterocycles. The Bertz CT molecular complexity index is 974. The summed E-state index contributed by atoms with van der Waals surface area (Å²) in [5.41, 5.74) is 2.55. The summed E-state index contributed by atoms with van der Waals surface area (Å²) in [5.74, 6) is 1.18. The fourth-order valence-corrected chi connectivity index (χ4v) is 4.30. The van der Waals surface area contributed by atoms with E-state index in [0.717, 1.165) is 17.5 Å². The Morgan fingerprint density at radius 3 is 2.32 bits per heavy atom. The first-order valence-corrected chi connectivity index (χ1v) is 12.1. The van der Waals surface area contributed by atoms with Crippen LogP contribution in [0.3, 0.4) is 0 Å². The summed E-state index contributed by atoms with van der Waals surface area (Å²) < 4.78 is 36.5. The van der Waals surface area contributed by atoms with Crippen molar-refractivity contribution >= 4 is 21.6 Å². The van der Waals surface area contributed by atoms with Crippen LogP contribution in [-0.2, 0) is 21.2 Å². The van der Waals surface area contributed by atoms with E-state index in [4.69, 9.17) is 9.47 Å². The summed E-state index contributed by atoms with van der Waals surface area (Å²) in [6.45, 7) is 4.14. The third kappa shape index (κ3) is 6.89. The van der Waals surface area contributed by atoms with E-state index >= 15 is 0 Å². The average Bonchev–Trinajstić information content (AvgIpc) is 2.75. The molecule has 0 unspecified atom stereocenters. The van der Waals surface area contributed by atoms with Crippen LogP contribution in [0, 0.1) is 0 Å². The summed E-state index contributed by atoms with van der Waals surface area (Å²) in [6.07, 6.45) is 2.67. The molecule has 1 atom stereocenters. The van der Waals surface area contributed by atoms with Gasteiger partial charge < -0.3 is 14.8 Å². The molecule has 0 bridgehead atoms. The number of carbonyl (C=O) groups excluding carboxylic acids is 1. The molecule has 0 saturated carbocycles. The summed E-state index contributed by atoms with van der Waals surface area (Å²) in [7, 11) is -0.289.